The first-order valence-electron chi connectivity index (χ1n) is 8.51. The molecule has 0 aliphatic carbocycles. The van der Waals surface area contributed by atoms with E-state index in [9.17, 15) is 9.59 Å². The minimum absolute atomic E-state index is 0.0425. The van der Waals surface area contributed by atoms with Gasteiger partial charge in [0.2, 0.25) is 5.91 Å². The van der Waals surface area contributed by atoms with Crippen molar-refractivity contribution in [3.63, 3.8) is 0 Å². The predicted octanol–water partition coefficient (Wildman–Crippen LogP) is 3.07. The van der Waals surface area contributed by atoms with E-state index in [0.717, 1.165) is 24.2 Å². The summed E-state index contributed by atoms with van der Waals surface area (Å²) in [5.41, 5.74) is 1.92. The summed E-state index contributed by atoms with van der Waals surface area (Å²) in [4.78, 5) is 25.5. The molecule has 1 aliphatic rings. The quantitative estimate of drug-likeness (QED) is 0.881. The lowest BCUT2D eigenvalue weighted by atomic mass is 10.1. The van der Waals surface area contributed by atoms with E-state index in [1.165, 1.54) is 0 Å². The van der Waals surface area contributed by atoms with Crippen LogP contribution in [0.4, 0.5) is 5.69 Å². The molecule has 5 heteroatoms. The Kier molecular flexibility index (Phi) is 5.33. The zero-order valence-corrected chi connectivity index (χ0v) is 14.3. The van der Waals surface area contributed by atoms with E-state index in [1.807, 2.05) is 49.4 Å². The van der Waals surface area contributed by atoms with Gasteiger partial charge in [-0.1, -0.05) is 30.3 Å². The van der Waals surface area contributed by atoms with Crippen LogP contribution in [0.1, 0.15) is 31.4 Å². The molecular formula is C20H22N2O3. The van der Waals surface area contributed by atoms with E-state index >= 15 is 0 Å². The van der Waals surface area contributed by atoms with Crippen LogP contribution in [0.2, 0.25) is 0 Å². The number of nitrogens with one attached hydrogen (secondary N) is 1. The van der Waals surface area contributed by atoms with Crippen LogP contribution in [-0.4, -0.2) is 25.0 Å². The van der Waals surface area contributed by atoms with Gasteiger partial charge in [-0.25, -0.2) is 0 Å². The summed E-state index contributed by atoms with van der Waals surface area (Å²) in [6.45, 7) is 2.66. The maximum absolute atomic E-state index is 12.0. The van der Waals surface area contributed by atoms with Gasteiger partial charge >= 0.3 is 0 Å². The number of carbonyl (C=O) groups excluding carboxylic acids is 2. The van der Waals surface area contributed by atoms with Crippen LogP contribution in [0.25, 0.3) is 0 Å². The molecule has 2 aromatic carbocycles. The van der Waals surface area contributed by atoms with Crippen LogP contribution in [0, 0.1) is 0 Å². The van der Waals surface area contributed by atoms with E-state index < -0.39 is 0 Å². The van der Waals surface area contributed by atoms with Crippen molar-refractivity contribution in [2.75, 3.05) is 18.1 Å². The molecule has 0 spiro atoms. The largest absolute Gasteiger partial charge is 0.484 e. The van der Waals surface area contributed by atoms with Crippen molar-refractivity contribution in [3.05, 3.63) is 60.2 Å². The van der Waals surface area contributed by atoms with Gasteiger partial charge in [0.05, 0.1) is 6.04 Å². The number of benzene rings is 2. The van der Waals surface area contributed by atoms with E-state index in [2.05, 4.69) is 5.32 Å². The third-order valence-corrected chi connectivity index (χ3v) is 4.27. The average molecular weight is 338 g/mol. The Bertz CT molecular complexity index is 728. The van der Waals surface area contributed by atoms with Gasteiger partial charge < -0.3 is 15.0 Å². The van der Waals surface area contributed by atoms with Gasteiger partial charge in [0, 0.05) is 18.7 Å². The van der Waals surface area contributed by atoms with Gasteiger partial charge in [-0.2, -0.15) is 0 Å². The van der Waals surface area contributed by atoms with Gasteiger partial charge in [0.25, 0.3) is 5.91 Å². The molecule has 0 saturated carbocycles. The van der Waals surface area contributed by atoms with Crippen LogP contribution in [0.15, 0.2) is 54.6 Å². The van der Waals surface area contributed by atoms with Crippen LogP contribution in [0.3, 0.4) is 0 Å². The molecule has 2 amide bonds. The maximum atomic E-state index is 12.0. The molecule has 3 rings (SSSR count). The molecule has 0 unspecified atom stereocenters. The first kappa shape index (κ1) is 17.0. The summed E-state index contributed by atoms with van der Waals surface area (Å²) in [5.74, 6) is 0.594. The molecular weight excluding hydrogens is 316 g/mol. The third kappa shape index (κ3) is 4.38. The highest BCUT2D eigenvalue weighted by atomic mass is 16.5. The fourth-order valence-electron chi connectivity index (χ4n) is 2.90. The smallest absolute Gasteiger partial charge is 0.258 e. The molecule has 0 aromatic heterocycles. The molecule has 1 atom stereocenters. The van der Waals surface area contributed by atoms with E-state index in [0.29, 0.717) is 12.2 Å². The minimum atomic E-state index is -0.171. The van der Waals surface area contributed by atoms with Crippen molar-refractivity contribution in [2.24, 2.45) is 0 Å². The highest BCUT2D eigenvalue weighted by molar-refractivity contribution is 5.95. The highest BCUT2D eigenvalue weighted by Crippen LogP contribution is 2.23. The molecule has 1 N–H and O–H groups in total. The van der Waals surface area contributed by atoms with E-state index in [-0.39, 0.29) is 24.5 Å². The van der Waals surface area contributed by atoms with E-state index in [1.54, 1.807) is 17.0 Å². The van der Waals surface area contributed by atoms with Gasteiger partial charge in [-0.3, -0.25) is 9.59 Å². The Morgan fingerprint density at radius 2 is 1.88 bits per heavy atom. The molecule has 130 valence electrons. The van der Waals surface area contributed by atoms with Crippen LogP contribution in [0.5, 0.6) is 5.75 Å². The van der Waals surface area contributed by atoms with Crippen molar-refractivity contribution in [2.45, 2.75) is 25.8 Å². The first-order valence-corrected chi connectivity index (χ1v) is 8.51. The number of anilines is 1. The molecule has 2 aromatic rings. The Morgan fingerprint density at radius 1 is 1.16 bits per heavy atom. The van der Waals surface area contributed by atoms with Crippen molar-refractivity contribution in [3.8, 4) is 5.75 Å². The van der Waals surface area contributed by atoms with Gasteiger partial charge in [0.1, 0.15) is 5.75 Å². The standard InChI is InChI=1S/C20H22N2O3/c1-15(16-6-3-2-4-7-16)21-19(23)14-25-18-11-9-17(10-12-18)22-13-5-8-20(22)24/h2-4,6-7,9-12,15H,5,8,13-14H2,1H3,(H,21,23)/t15-/m0/s1. The number of hydrogen-bond acceptors (Lipinski definition) is 3. The zero-order chi connectivity index (χ0) is 17.6. The maximum Gasteiger partial charge on any atom is 0.258 e. The second-order valence-corrected chi connectivity index (χ2v) is 6.13. The topological polar surface area (TPSA) is 58.6 Å². The summed E-state index contributed by atoms with van der Waals surface area (Å²) in [7, 11) is 0. The van der Waals surface area contributed by atoms with E-state index in [4.69, 9.17) is 4.74 Å². The lowest BCUT2D eigenvalue weighted by molar-refractivity contribution is -0.123. The number of amides is 2. The SMILES string of the molecule is C[C@H](NC(=O)COc1ccc(N2CCCC2=O)cc1)c1ccccc1. The second kappa shape index (κ2) is 7.83. The summed E-state index contributed by atoms with van der Waals surface area (Å²) < 4.78 is 5.53. The number of carbonyl (C=O) groups is 2. The Labute approximate surface area is 147 Å². The van der Waals surface area contributed by atoms with Gasteiger partial charge in [-0.15, -0.1) is 0 Å². The molecule has 1 heterocycles. The Hall–Kier alpha value is -2.82. The molecule has 1 fully saturated rings. The van der Waals surface area contributed by atoms with Crippen molar-refractivity contribution in [1.29, 1.82) is 0 Å². The molecule has 25 heavy (non-hydrogen) atoms. The van der Waals surface area contributed by atoms with Crippen LogP contribution >= 0.6 is 0 Å². The van der Waals surface area contributed by atoms with Crippen LogP contribution < -0.4 is 15.0 Å². The lowest BCUT2D eigenvalue weighted by Gasteiger charge is -2.16. The predicted molar refractivity (Wildman–Crippen MR) is 96.5 cm³/mol. The second-order valence-electron chi connectivity index (χ2n) is 6.13. The van der Waals surface area contributed by atoms with Crippen molar-refractivity contribution < 1.29 is 14.3 Å². The normalized spacial score (nSPS) is 15.1. The zero-order valence-electron chi connectivity index (χ0n) is 14.3. The Balaban J connectivity index is 1.49. The number of hydrogen-bond donors (Lipinski definition) is 1. The molecule has 5 nitrogen and oxygen atoms in total. The molecule has 0 radical (unpaired) electrons. The summed E-state index contributed by atoms with van der Waals surface area (Å²) >= 11 is 0. The number of nitrogens with zero attached hydrogens (tertiary/aromatic N) is 1. The number of ether oxygens (including phenoxy) is 1. The summed E-state index contributed by atoms with van der Waals surface area (Å²) in [6, 6.07) is 17.0. The van der Waals surface area contributed by atoms with Crippen LogP contribution in [-0.2, 0) is 9.59 Å². The highest BCUT2D eigenvalue weighted by Gasteiger charge is 2.21. The third-order valence-electron chi connectivity index (χ3n) is 4.27. The lowest BCUT2D eigenvalue weighted by Crippen LogP contribution is -2.31. The monoisotopic (exact) mass is 338 g/mol. The minimum Gasteiger partial charge on any atom is -0.484 e. The first-order chi connectivity index (χ1) is 12.1. The molecule has 0 bridgehead atoms. The van der Waals surface area contributed by atoms with Gasteiger partial charge in [0.15, 0.2) is 6.61 Å². The average Bonchev–Trinajstić information content (AvgIpc) is 3.07. The summed E-state index contributed by atoms with van der Waals surface area (Å²) in [5, 5.41) is 2.91. The fraction of sp³-hybridized carbons (Fsp3) is 0.300. The molecule has 1 aliphatic heterocycles. The van der Waals surface area contributed by atoms with Crippen molar-refractivity contribution in [1.82, 2.24) is 5.32 Å². The van der Waals surface area contributed by atoms with Crippen molar-refractivity contribution >= 4 is 17.5 Å². The van der Waals surface area contributed by atoms with Gasteiger partial charge in [-0.05, 0) is 43.2 Å². The Morgan fingerprint density at radius 3 is 2.52 bits per heavy atom. The number of rotatable bonds is 6. The molecule has 1 saturated heterocycles. The fourth-order valence-corrected chi connectivity index (χ4v) is 2.90. The summed E-state index contributed by atoms with van der Waals surface area (Å²) in [6.07, 6.45) is 1.51.